The summed E-state index contributed by atoms with van der Waals surface area (Å²) in [5, 5.41) is 6.39. The van der Waals surface area contributed by atoms with Gasteiger partial charge in [0.1, 0.15) is 10.6 Å². The molecule has 5 nitrogen and oxygen atoms in total. The number of nitrogen functional groups attached to an aromatic ring is 1. The molecule has 2 aromatic rings. The largest absolute Gasteiger partial charge is 0.379 e. The third kappa shape index (κ3) is 1.70. The lowest BCUT2D eigenvalue weighted by Gasteiger charge is -2.12. The summed E-state index contributed by atoms with van der Waals surface area (Å²) in [6.45, 7) is 1.54. The molecular weight excluding hydrogens is 224 g/mol. The summed E-state index contributed by atoms with van der Waals surface area (Å²) in [6.07, 6.45) is 1.01. The van der Waals surface area contributed by atoms with E-state index in [1.807, 2.05) is 11.4 Å². The monoisotopic (exact) mass is 236 g/mol. The molecule has 2 aromatic heterocycles. The van der Waals surface area contributed by atoms with Crippen LogP contribution in [0.1, 0.15) is 6.42 Å². The van der Waals surface area contributed by atoms with E-state index in [0.29, 0.717) is 12.0 Å². The molecular formula is C10H12N4OS. The van der Waals surface area contributed by atoms with Gasteiger partial charge in [0, 0.05) is 6.61 Å². The summed E-state index contributed by atoms with van der Waals surface area (Å²) in [5.41, 5.74) is 5.67. The maximum Gasteiger partial charge on any atom is 0.223 e. The number of hydrogen-bond donors (Lipinski definition) is 2. The molecule has 16 heavy (non-hydrogen) atoms. The van der Waals surface area contributed by atoms with Gasteiger partial charge in [-0.2, -0.15) is 4.98 Å². The highest BCUT2D eigenvalue weighted by Crippen LogP contribution is 2.26. The maximum absolute atomic E-state index is 5.67. The summed E-state index contributed by atoms with van der Waals surface area (Å²) in [4.78, 5) is 9.35. The van der Waals surface area contributed by atoms with Gasteiger partial charge in [-0.3, -0.25) is 0 Å². The molecule has 1 fully saturated rings. The first-order chi connectivity index (χ1) is 7.83. The summed E-state index contributed by atoms with van der Waals surface area (Å²) < 4.78 is 5.32. The van der Waals surface area contributed by atoms with E-state index in [4.69, 9.17) is 10.5 Å². The second kappa shape index (κ2) is 3.88. The molecule has 6 heteroatoms. The lowest BCUT2D eigenvalue weighted by atomic mass is 10.2. The van der Waals surface area contributed by atoms with Crippen molar-refractivity contribution >= 4 is 33.3 Å². The highest BCUT2D eigenvalue weighted by molar-refractivity contribution is 7.16. The number of nitrogens with two attached hydrogens (primary N) is 1. The average Bonchev–Trinajstić information content (AvgIpc) is 2.87. The molecule has 0 radical (unpaired) electrons. The number of aromatic nitrogens is 2. The Balaban J connectivity index is 1.97. The predicted molar refractivity (Wildman–Crippen MR) is 64.7 cm³/mol. The highest BCUT2D eigenvalue weighted by Gasteiger charge is 2.17. The average molecular weight is 236 g/mol. The van der Waals surface area contributed by atoms with E-state index in [2.05, 4.69) is 15.3 Å². The fraction of sp³-hybridized carbons (Fsp3) is 0.400. The molecule has 84 valence electrons. The molecule has 1 saturated heterocycles. The van der Waals surface area contributed by atoms with Crippen molar-refractivity contribution in [1.29, 1.82) is 0 Å². The molecule has 0 spiro atoms. The molecule has 1 atom stereocenters. The van der Waals surface area contributed by atoms with Crippen LogP contribution < -0.4 is 11.1 Å². The zero-order chi connectivity index (χ0) is 11.0. The molecule has 0 aliphatic carbocycles. The smallest absolute Gasteiger partial charge is 0.223 e. The van der Waals surface area contributed by atoms with Crippen LogP contribution in [0.4, 0.5) is 11.8 Å². The normalized spacial score (nSPS) is 20.4. The minimum Gasteiger partial charge on any atom is -0.379 e. The predicted octanol–water partition coefficient (Wildman–Crippen LogP) is 1.47. The van der Waals surface area contributed by atoms with Gasteiger partial charge >= 0.3 is 0 Å². The topological polar surface area (TPSA) is 73.1 Å². The SMILES string of the molecule is Nc1nc(NC2CCOC2)c2ccsc2n1. The number of thiophene rings is 1. The Bertz CT molecular complexity index is 506. The van der Waals surface area contributed by atoms with E-state index < -0.39 is 0 Å². The standard InChI is InChI=1S/C10H12N4OS/c11-10-13-8(12-6-1-3-15-5-6)7-2-4-16-9(7)14-10/h2,4,6H,1,3,5H2,(H3,11,12,13,14). The molecule has 0 amide bonds. The minimum absolute atomic E-state index is 0.316. The van der Waals surface area contributed by atoms with Crippen molar-refractivity contribution in [3.05, 3.63) is 11.4 Å². The zero-order valence-corrected chi connectivity index (χ0v) is 9.46. The second-order valence-electron chi connectivity index (χ2n) is 3.77. The summed E-state index contributed by atoms with van der Waals surface area (Å²) in [6, 6.07) is 2.34. The van der Waals surface area contributed by atoms with Gasteiger partial charge in [-0.15, -0.1) is 11.3 Å². The van der Waals surface area contributed by atoms with Crippen molar-refractivity contribution in [3.8, 4) is 0 Å². The number of fused-ring (bicyclic) bond motifs is 1. The van der Waals surface area contributed by atoms with Crippen molar-refractivity contribution in [3.63, 3.8) is 0 Å². The Hall–Kier alpha value is -1.40. The van der Waals surface area contributed by atoms with Gasteiger partial charge in [0.15, 0.2) is 0 Å². The lowest BCUT2D eigenvalue weighted by molar-refractivity contribution is 0.195. The maximum atomic E-state index is 5.67. The zero-order valence-electron chi connectivity index (χ0n) is 8.64. The molecule has 1 aliphatic heterocycles. The van der Waals surface area contributed by atoms with Crippen LogP contribution in [0.5, 0.6) is 0 Å². The van der Waals surface area contributed by atoms with Crippen LogP contribution in [0, 0.1) is 0 Å². The summed E-state index contributed by atoms with van der Waals surface area (Å²) in [5.74, 6) is 1.13. The molecule has 1 unspecified atom stereocenters. The Morgan fingerprint density at radius 2 is 2.44 bits per heavy atom. The van der Waals surface area contributed by atoms with Gasteiger partial charge in [0.25, 0.3) is 0 Å². The van der Waals surface area contributed by atoms with Crippen molar-refractivity contribution < 1.29 is 4.74 Å². The fourth-order valence-electron chi connectivity index (χ4n) is 1.82. The third-order valence-electron chi connectivity index (χ3n) is 2.61. The van der Waals surface area contributed by atoms with Gasteiger partial charge in [0.05, 0.1) is 18.0 Å². The molecule has 0 bridgehead atoms. The van der Waals surface area contributed by atoms with Crippen molar-refractivity contribution in [1.82, 2.24) is 9.97 Å². The van der Waals surface area contributed by atoms with Crippen molar-refractivity contribution in [2.24, 2.45) is 0 Å². The van der Waals surface area contributed by atoms with Crippen LogP contribution in [-0.2, 0) is 4.74 Å². The third-order valence-corrected chi connectivity index (χ3v) is 3.42. The van der Waals surface area contributed by atoms with Crippen LogP contribution in [-0.4, -0.2) is 29.2 Å². The van der Waals surface area contributed by atoms with E-state index in [1.54, 1.807) is 11.3 Å². The van der Waals surface area contributed by atoms with Crippen LogP contribution in [0.15, 0.2) is 11.4 Å². The van der Waals surface area contributed by atoms with Gasteiger partial charge in [0.2, 0.25) is 5.95 Å². The van der Waals surface area contributed by atoms with E-state index in [1.165, 1.54) is 0 Å². The Labute approximate surface area is 96.6 Å². The number of nitrogens with one attached hydrogen (secondary N) is 1. The summed E-state index contributed by atoms with van der Waals surface area (Å²) >= 11 is 1.57. The molecule has 3 heterocycles. The van der Waals surface area contributed by atoms with Crippen LogP contribution >= 0.6 is 11.3 Å². The number of hydrogen-bond acceptors (Lipinski definition) is 6. The van der Waals surface area contributed by atoms with Gasteiger partial charge in [-0.1, -0.05) is 0 Å². The first-order valence-electron chi connectivity index (χ1n) is 5.18. The Morgan fingerprint density at radius 1 is 1.50 bits per heavy atom. The van der Waals surface area contributed by atoms with E-state index in [0.717, 1.165) is 35.7 Å². The molecule has 3 N–H and O–H groups in total. The minimum atomic E-state index is 0.316. The second-order valence-corrected chi connectivity index (χ2v) is 4.67. The van der Waals surface area contributed by atoms with E-state index in [-0.39, 0.29) is 0 Å². The first kappa shape index (κ1) is 9.80. The highest BCUT2D eigenvalue weighted by atomic mass is 32.1. The van der Waals surface area contributed by atoms with Crippen LogP contribution in [0.3, 0.4) is 0 Å². The number of ether oxygens (including phenoxy) is 1. The Morgan fingerprint density at radius 3 is 3.25 bits per heavy atom. The lowest BCUT2D eigenvalue weighted by Crippen LogP contribution is -2.20. The van der Waals surface area contributed by atoms with Crippen LogP contribution in [0.25, 0.3) is 10.2 Å². The number of nitrogens with zero attached hydrogens (tertiary/aromatic N) is 2. The van der Waals surface area contributed by atoms with Crippen molar-refractivity contribution in [2.45, 2.75) is 12.5 Å². The fourth-order valence-corrected chi connectivity index (χ4v) is 2.59. The van der Waals surface area contributed by atoms with Gasteiger partial charge < -0.3 is 15.8 Å². The molecule has 0 aromatic carbocycles. The van der Waals surface area contributed by atoms with E-state index >= 15 is 0 Å². The number of rotatable bonds is 2. The Kier molecular flexibility index (Phi) is 2.37. The first-order valence-corrected chi connectivity index (χ1v) is 6.06. The van der Waals surface area contributed by atoms with Gasteiger partial charge in [-0.05, 0) is 17.9 Å². The van der Waals surface area contributed by atoms with Crippen molar-refractivity contribution in [2.75, 3.05) is 24.3 Å². The number of anilines is 2. The molecule has 1 aliphatic rings. The quantitative estimate of drug-likeness (QED) is 0.826. The van der Waals surface area contributed by atoms with Gasteiger partial charge in [-0.25, -0.2) is 4.98 Å². The van der Waals surface area contributed by atoms with E-state index in [9.17, 15) is 0 Å². The van der Waals surface area contributed by atoms with Crippen LogP contribution in [0.2, 0.25) is 0 Å². The molecule has 0 saturated carbocycles. The molecule has 3 rings (SSSR count). The summed E-state index contributed by atoms with van der Waals surface area (Å²) in [7, 11) is 0.